The quantitative estimate of drug-likeness (QED) is 0.582. The number of methoxy groups -OCH3 is 1. The van der Waals surface area contributed by atoms with E-state index in [4.69, 9.17) is 4.74 Å². The molecule has 2 aromatic rings. The van der Waals surface area contributed by atoms with Crippen LogP contribution in [0, 0.1) is 11.8 Å². The van der Waals surface area contributed by atoms with Crippen LogP contribution >= 0.6 is 0 Å². The number of ether oxygens (including phenoxy) is 1. The minimum Gasteiger partial charge on any atom is -0.465 e. The van der Waals surface area contributed by atoms with Crippen molar-refractivity contribution in [1.82, 2.24) is 0 Å². The fourth-order valence-corrected chi connectivity index (χ4v) is 2.04. The molecule has 0 bridgehead atoms. The Morgan fingerprint density at radius 2 is 1.59 bits per heavy atom. The van der Waals surface area contributed by atoms with E-state index in [0.29, 0.717) is 5.56 Å². The van der Waals surface area contributed by atoms with Gasteiger partial charge in [-0.1, -0.05) is 50.8 Å². The Morgan fingerprint density at radius 1 is 0.955 bits per heavy atom. The van der Waals surface area contributed by atoms with Crippen molar-refractivity contribution in [2.45, 2.75) is 26.2 Å². The molecule has 0 amide bonds. The lowest BCUT2D eigenvalue weighted by molar-refractivity contribution is 0.0600. The number of carbonyl (C=O) groups is 1. The van der Waals surface area contributed by atoms with Crippen LogP contribution in [0.2, 0.25) is 0 Å². The van der Waals surface area contributed by atoms with E-state index >= 15 is 0 Å². The maximum atomic E-state index is 11.5. The number of carbonyl (C=O) groups excluding carboxylic acids is 1. The Hall–Kier alpha value is -2.53. The fraction of sp³-hybridized carbons (Fsp3) is 0.250. The molecule has 2 nitrogen and oxygen atoms in total. The average Bonchev–Trinajstić information content (AvgIpc) is 2.52. The normalized spacial score (nSPS) is 10.5. The molecule has 0 saturated carbocycles. The summed E-state index contributed by atoms with van der Waals surface area (Å²) in [6.07, 6.45) is 0. The van der Waals surface area contributed by atoms with Crippen LogP contribution in [0.4, 0.5) is 0 Å². The van der Waals surface area contributed by atoms with Gasteiger partial charge in [-0.05, 0) is 41.3 Å². The van der Waals surface area contributed by atoms with Gasteiger partial charge in [0.2, 0.25) is 0 Å². The summed E-state index contributed by atoms with van der Waals surface area (Å²) >= 11 is 0. The highest BCUT2D eigenvalue weighted by atomic mass is 16.5. The topological polar surface area (TPSA) is 26.3 Å². The van der Waals surface area contributed by atoms with Gasteiger partial charge in [-0.15, -0.1) is 0 Å². The maximum absolute atomic E-state index is 11.5. The van der Waals surface area contributed by atoms with E-state index < -0.39 is 0 Å². The lowest BCUT2D eigenvalue weighted by Gasteiger charge is -2.18. The van der Waals surface area contributed by atoms with Crippen molar-refractivity contribution < 1.29 is 9.53 Å². The van der Waals surface area contributed by atoms with E-state index in [1.807, 2.05) is 18.2 Å². The van der Waals surface area contributed by atoms with Crippen LogP contribution in [0.3, 0.4) is 0 Å². The maximum Gasteiger partial charge on any atom is 0.337 e. The number of esters is 1. The SMILES string of the molecule is COC(=O)c1cccc(C#Cc2ccc(C(C)(C)C)cc2)c1. The first-order valence-corrected chi connectivity index (χ1v) is 7.21. The van der Waals surface area contributed by atoms with Crippen LogP contribution in [-0.2, 0) is 10.2 Å². The van der Waals surface area contributed by atoms with Gasteiger partial charge in [0.1, 0.15) is 0 Å². The zero-order valence-corrected chi connectivity index (χ0v) is 13.4. The standard InChI is InChI=1S/C20H20O2/c1-20(2,3)18-12-10-15(11-13-18)8-9-16-6-5-7-17(14-16)19(21)22-4/h5-7,10-14H,1-4H3. The summed E-state index contributed by atoms with van der Waals surface area (Å²) in [7, 11) is 1.37. The third-order valence-electron chi connectivity index (χ3n) is 3.39. The van der Waals surface area contributed by atoms with Crippen LogP contribution in [-0.4, -0.2) is 13.1 Å². The molecule has 2 heteroatoms. The molecule has 0 atom stereocenters. The zero-order valence-electron chi connectivity index (χ0n) is 13.4. The van der Waals surface area contributed by atoms with Crippen molar-refractivity contribution in [2.24, 2.45) is 0 Å². The summed E-state index contributed by atoms with van der Waals surface area (Å²) in [5.41, 5.74) is 3.68. The van der Waals surface area contributed by atoms with Crippen LogP contribution in [0.5, 0.6) is 0 Å². The molecule has 0 aliphatic rings. The molecule has 0 heterocycles. The van der Waals surface area contributed by atoms with E-state index in [1.54, 1.807) is 18.2 Å². The fourth-order valence-electron chi connectivity index (χ4n) is 2.04. The minimum atomic E-state index is -0.349. The lowest BCUT2D eigenvalue weighted by atomic mass is 9.87. The van der Waals surface area contributed by atoms with Gasteiger partial charge in [-0.25, -0.2) is 4.79 Å². The minimum absolute atomic E-state index is 0.140. The second-order valence-corrected chi connectivity index (χ2v) is 6.15. The van der Waals surface area contributed by atoms with Gasteiger partial charge >= 0.3 is 5.97 Å². The van der Waals surface area contributed by atoms with E-state index in [0.717, 1.165) is 11.1 Å². The van der Waals surface area contributed by atoms with Crippen LogP contribution in [0.25, 0.3) is 0 Å². The van der Waals surface area contributed by atoms with Crippen molar-refractivity contribution in [3.05, 3.63) is 70.8 Å². The molecule has 0 aromatic heterocycles. The molecular formula is C20H20O2. The van der Waals surface area contributed by atoms with Crippen LogP contribution in [0.15, 0.2) is 48.5 Å². The van der Waals surface area contributed by atoms with Gasteiger partial charge in [0, 0.05) is 11.1 Å². The molecule has 0 radical (unpaired) electrons. The van der Waals surface area contributed by atoms with Crippen molar-refractivity contribution in [3.63, 3.8) is 0 Å². The highest BCUT2D eigenvalue weighted by Crippen LogP contribution is 2.21. The molecule has 0 N–H and O–H groups in total. The van der Waals surface area contributed by atoms with Crippen LogP contribution in [0.1, 0.15) is 47.8 Å². The smallest absolute Gasteiger partial charge is 0.337 e. The molecule has 2 rings (SSSR count). The first-order chi connectivity index (χ1) is 10.4. The van der Waals surface area contributed by atoms with Gasteiger partial charge in [0.15, 0.2) is 0 Å². The highest BCUT2D eigenvalue weighted by Gasteiger charge is 2.12. The molecule has 0 aliphatic carbocycles. The Morgan fingerprint density at radius 3 is 2.18 bits per heavy atom. The average molecular weight is 292 g/mol. The largest absolute Gasteiger partial charge is 0.465 e. The zero-order chi connectivity index (χ0) is 16.2. The van der Waals surface area contributed by atoms with E-state index in [1.165, 1.54) is 12.7 Å². The van der Waals surface area contributed by atoms with Gasteiger partial charge in [0.05, 0.1) is 12.7 Å². The van der Waals surface area contributed by atoms with Gasteiger partial charge in [0.25, 0.3) is 0 Å². The molecule has 0 unspecified atom stereocenters. The molecule has 0 spiro atoms. The summed E-state index contributed by atoms with van der Waals surface area (Å²) in [4.78, 5) is 11.5. The molecule has 22 heavy (non-hydrogen) atoms. The molecule has 0 aliphatic heterocycles. The first kappa shape index (κ1) is 15.9. The lowest BCUT2D eigenvalue weighted by Crippen LogP contribution is -2.10. The predicted octanol–water partition coefficient (Wildman–Crippen LogP) is 4.17. The number of benzene rings is 2. The van der Waals surface area contributed by atoms with Crippen molar-refractivity contribution in [2.75, 3.05) is 7.11 Å². The van der Waals surface area contributed by atoms with Crippen molar-refractivity contribution >= 4 is 5.97 Å². The summed E-state index contributed by atoms with van der Waals surface area (Å²) in [6.45, 7) is 6.56. The third-order valence-corrected chi connectivity index (χ3v) is 3.39. The Bertz CT molecular complexity index is 723. The molecule has 0 saturated heterocycles. The Labute approximate surface area is 132 Å². The molecule has 2 aromatic carbocycles. The van der Waals surface area contributed by atoms with E-state index in [-0.39, 0.29) is 11.4 Å². The van der Waals surface area contributed by atoms with Gasteiger partial charge in [-0.3, -0.25) is 0 Å². The number of rotatable bonds is 1. The number of hydrogen-bond donors (Lipinski definition) is 0. The summed E-state index contributed by atoms with van der Waals surface area (Å²) in [5, 5.41) is 0. The predicted molar refractivity (Wildman–Crippen MR) is 88.9 cm³/mol. The van der Waals surface area contributed by atoms with Gasteiger partial charge in [-0.2, -0.15) is 0 Å². The summed E-state index contributed by atoms with van der Waals surface area (Å²) in [5.74, 6) is 5.85. The summed E-state index contributed by atoms with van der Waals surface area (Å²) in [6, 6.07) is 15.4. The first-order valence-electron chi connectivity index (χ1n) is 7.21. The number of hydrogen-bond acceptors (Lipinski definition) is 2. The summed E-state index contributed by atoms with van der Waals surface area (Å²) < 4.78 is 4.71. The molecule has 0 fully saturated rings. The molecule has 112 valence electrons. The van der Waals surface area contributed by atoms with Crippen LogP contribution < -0.4 is 0 Å². The van der Waals surface area contributed by atoms with E-state index in [2.05, 4.69) is 44.7 Å². The van der Waals surface area contributed by atoms with Gasteiger partial charge < -0.3 is 4.74 Å². The van der Waals surface area contributed by atoms with Crippen molar-refractivity contribution in [3.8, 4) is 11.8 Å². The second-order valence-electron chi connectivity index (χ2n) is 6.15. The third kappa shape index (κ3) is 3.99. The monoisotopic (exact) mass is 292 g/mol. The van der Waals surface area contributed by atoms with E-state index in [9.17, 15) is 4.79 Å². The molecular weight excluding hydrogens is 272 g/mol. The van der Waals surface area contributed by atoms with Crippen molar-refractivity contribution in [1.29, 1.82) is 0 Å². The Kier molecular flexibility index (Phi) is 4.68. The highest BCUT2D eigenvalue weighted by molar-refractivity contribution is 5.89. The Balaban J connectivity index is 2.22. The second kappa shape index (κ2) is 6.49.